The van der Waals surface area contributed by atoms with E-state index in [0.29, 0.717) is 5.69 Å². The summed E-state index contributed by atoms with van der Waals surface area (Å²) in [6.07, 6.45) is -7.73. The van der Waals surface area contributed by atoms with Gasteiger partial charge in [-0.25, -0.2) is 0 Å². The Balaban J connectivity index is 1.74. The highest BCUT2D eigenvalue weighted by Gasteiger charge is 2.31. The number of hydrogen-bond donors (Lipinski definition) is 2. The molecule has 0 amide bonds. The first kappa shape index (κ1) is 19.4. The van der Waals surface area contributed by atoms with Gasteiger partial charge < -0.3 is 10.6 Å². The Morgan fingerprint density at radius 3 is 2.04 bits per heavy atom. The van der Waals surface area contributed by atoms with Crippen molar-refractivity contribution in [1.82, 2.24) is 15.2 Å². The third-order valence-corrected chi connectivity index (χ3v) is 3.49. The Bertz CT molecular complexity index is 953. The third kappa shape index (κ3) is 4.87. The Morgan fingerprint density at radius 2 is 1.39 bits per heavy atom. The van der Waals surface area contributed by atoms with Crippen molar-refractivity contribution in [2.75, 3.05) is 10.6 Å². The first-order valence-electron chi connectivity index (χ1n) is 7.69. The minimum atomic E-state index is -4.50. The van der Waals surface area contributed by atoms with Gasteiger partial charge >= 0.3 is 12.4 Å². The van der Waals surface area contributed by atoms with Gasteiger partial charge in [0, 0.05) is 11.4 Å². The van der Waals surface area contributed by atoms with Crippen molar-refractivity contribution in [2.24, 2.45) is 0 Å². The summed E-state index contributed by atoms with van der Waals surface area (Å²) >= 11 is 0. The molecule has 0 aliphatic rings. The van der Waals surface area contributed by atoms with Gasteiger partial charge in [-0.1, -0.05) is 6.07 Å². The van der Waals surface area contributed by atoms with Gasteiger partial charge in [0.2, 0.25) is 5.95 Å². The summed E-state index contributed by atoms with van der Waals surface area (Å²) in [6.45, 7) is 0. The van der Waals surface area contributed by atoms with E-state index < -0.39 is 23.5 Å². The molecule has 0 saturated heterocycles. The average Bonchev–Trinajstić information content (AvgIpc) is 2.61. The minimum Gasteiger partial charge on any atom is -0.339 e. The lowest BCUT2D eigenvalue weighted by Gasteiger charge is -2.11. The van der Waals surface area contributed by atoms with Crippen LogP contribution in [-0.2, 0) is 12.4 Å². The number of aromatic nitrogens is 3. The highest BCUT2D eigenvalue weighted by atomic mass is 19.4. The van der Waals surface area contributed by atoms with Crippen molar-refractivity contribution < 1.29 is 26.3 Å². The second-order valence-corrected chi connectivity index (χ2v) is 5.57. The average molecular weight is 399 g/mol. The van der Waals surface area contributed by atoms with Gasteiger partial charge in [-0.2, -0.15) is 36.4 Å². The molecule has 0 saturated carbocycles. The molecule has 0 aliphatic carbocycles. The van der Waals surface area contributed by atoms with Crippen LogP contribution >= 0.6 is 0 Å². The van der Waals surface area contributed by atoms with Crippen molar-refractivity contribution in [3.05, 3.63) is 65.9 Å². The number of hydrogen-bond acceptors (Lipinski definition) is 5. The van der Waals surface area contributed by atoms with Crippen molar-refractivity contribution in [3.63, 3.8) is 0 Å². The van der Waals surface area contributed by atoms with Crippen molar-refractivity contribution in [1.29, 1.82) is 0 Å². The van der Waals surface area contributed by atoms with Gasteiger partial charge in [0.25, 0.3) is 0 Å². The summed E-state index contributed by atoms with van der Waals surface area (Å²) in [5, 5.41) is 12.7. The number of anilines is 4. The van der Waals surface area contributed by atoms with E-state index in [1.165, 1.54) is 30.5 Å². The topological polar surface area (TPSA) is 62.7 Å². The number of alkyl halides is 6. The molecule has 1 heterocycles. The van der Waals surface area contributed by atoms with Gasteiger partial charge in [0.05, 0.1) is 17.3 Å². The second kappa shape index (κ2) is 7.33. The Kier molecular flexibility index (Phi) is 5.08. The maximum atomic E-state index is 12.8. The van der Waals surface area contributed by atoms with E-state index in [2.05, 4.69) is 25.8 Å². The molecule has 0 unspecified atom stereocenters. The number of rotatable bonds is 4. The number of halogens is 6. The van der Waals surface area contributed by atoms with Crippen LogP contribution in [0.15, 0.2) is 54.7 Å². The van der Waals surface area contributed by atoms with Crippen LogP contribution in [0.4, 0.5) is 49.5 Å². The zero-order valence-electron chi connectivity index (χ0n) is 13.8. The van der Waals surface area contributed by atoms with Gasteiger partial charge in [-0.3, -0.25) is 0 Å². The molecule has 0 spiro atoms. The summed E-state index contributed by atoms with van der Waals surface area (Å²) in [5.74, 6) is 0.0560. The van der Waals surface area contributed by atoms with Crippen LogP contribution in [0.1, 0.15) is 11.1 Å². The van der Waals surface area contributed by atoms with Crippen molar-refractivity contribution in [2.45, 2.75) is 12.4 Å². The number of nitrogens with zero attached hydrogens (tertiary/aromatic N) is 3. The first-order valence-corrected chi connectivity index (χ1v) is 7.69. The van der Waals surface area contributed by atoms with E-state index >= 15 is 0 Å². The molecule has 3 aromatic rings. The Hall–Kier alpha value is -3.37. The van der Waals surface area contributed by atoms with E-state index in [0.717, 1.165) is 24.3 Å². The van der Waals surface area contributed by atoms with E-state index in [1.54, 1.807) is 0 Å². The highest BCUT2D eigenvalue weighted by Crippen LogP contribution is 2.32. The quantitative estimate of drug-likeness (QED) is 0.576. The molecule has 0 radical (unpaired) electrons. The smallest absolute Gasteiger partial charge is 0.339 e. The van der Waals surface area contributed by atoms with E-state index in [9.17, 15) is 26.3 Å². The lowest BCUT2D eigenvalue weighted by molar-refractivity contribution is -0.138. The van der Waals surface area contributed by atoms with Gasteiger partial charge in [-0.05, 0) is 42.5 Å². The molecule has 3 rings (SSSR count). The Morgan fingerprint density at radius 1 is 0.714 bits per heavy atom. The third-order valence-electron chi connectivity index (χ3n) is 3.49. The van der Waals surface area contributed by atoms with Crippen LogP contribution in [0.2, 0.25) is 0 Å². The van der Waals surface area contributed by atoms with E-state index in [-0.39, 0.29) is 17.5 Å². The first-order chi connectivity index (χ1) is 13.1. The summed E-state index contributed by atoms with van der Waals surface area (Å²) in [5.41, 5.74) is -1.22. The summed E-state index contributed by atoms with van der Waals surface area (Å²) in [6, 6.07) is 8.66. The molecule has 0 aliphatic heterocycles. The zero-order chi connectivity index (χ0) is 20.4. The maximum absolute atomic E-state index is 12.8. The molecule has 28 heavy (non-hydrogen) atoms. The summed E-state index contributed by atoms with van der Waals surface area (Å²) < 4.78 is 76.0. The normalized spacial score (nSPS) is 11.9. The standard InChI is InChI=1S/C17H11F6N5/c18-16(19,20)10-4-6-12(7-5-10)25-14-9-24-28-15(27-14)26-13-3-1-2-11(8-13)17(21,22)23/h1-9H,(H2,25,26,27,28). The second-order valence-electron chi connectivity index (χ2n) is 5.57. The summed E-state index contributed by atoms with van der Waals surface area (Å²) in [7, 11) is 0. The fourth-order valence-corrected chi connectivity index (χ4v) is 2.21. The molecule has 2 aromatic carbocycles. The molecule has 2 N–H and O–H groups in total. The molecule has 11 heteroatoms. The van der Waals surface area contributed by atoms with E-state index in [1.807, 2.05) is 0 Å². The van der Waals surface area contributed by atoms with E-state index in [4.69, 9.17) is 0 Å². The molecular formula is C17H11F6N5. The monoisotopic (exact) mass is 399 g/mol. The maximum Gasteiger partial charge on any atom is 0.416 e. The predicted octanol–water partition coefficient (Wildman–Crippen LogP) is 5.40. The zero-order valence-corrected chi connectivity index (χ0v) is 13.8. The largest absolute Gasteiger partial charge is 0.416 e. The molecular weight excluding hydrogens is 388 g/mol. The minimum absolute atomic E-state index is 0.0868. The molecule has 0 bridgehead atoms. The molecule has 146 valence electrons. The van der Waals surface area contributed by atoms with Gasteiger partial charge in [-0.15, -0.1) is 5.10 Å². The van der Waals surface area contributed by atoms with Gasteiger partial charge in [0.1, 0.15) is 0 Å². The highest BCUT2D eigenvalue weighted by molar-refractivity contribution is 5.59. The lowest BCUT2D eigenvalue weighted by atomic mass is 10.2. The van der Waals surface area contributed by atoms with Crippen LogP contribution in [0.25, 0.3) is 0 Å². The Labute approximate surface area is 154 Å². The fourth-order valence-electron chi connectivity index (χ4n) is 2.21. The van der Waals surface area contributed by atoms with Crippen LogP contribution in [0.3, 0.4) is 0 Å². The van der Waals surface area contributed by atoms with Crippen LogP contribution in [-0.4, -0.2) is 15.2 Å². The molecule has 0 atom stereocenters. The SMILES string of the molecule is FC(F)(F)c1ccc(Nc2cnnc(Nc3cccc(C(F)(F)F)c3)n2)cc1. The molecule has 1 aromatic heterocycles. The number of benzene rings is 2. The lowest BCUT2D eigenvalue weighted by Crippen LogP contribution is -2.07. The molecule has 5 nitrogen and oxygen atoms in total. The van der Waals surface area contributed by atoms with Crippen molar-refractivity contribution >= 4 is 23.1 Å². The van der Waals surface area contributed by atoms with Crippen LogP contribution in [0, 0.1) is 0 Å². The van der Waals surface area contributed by atoms with Crippen LogP contribution < -0.4 is 10.6 Å². The van der Waals surface area contributed by atoms with Crippen LogP contribution in [0.5, 0.6) is 0 Å². The van der Waals surface area contributed by atoms with Gasteiger partial charge in [0.15, 0.2) is 5.82 Å². The number of nitrogens with one attached hydrogen (secondary N) is 2. The summed E-state index contributed by atoms with van der Waals surface area (Å²) in [4.78, 5) is 4.03. The fraction of sp³-hybridized carbons (Fsp3) is 0.118. The molecule has 0 fully saturated rings. The van der Waals surface area contributed by atoms with Crippen molar-refractivity contribution in [3.8, 4) is 0 Å². The predicted molar refractivity (Wildman–Crippen MR) is 89.3 cm³/mol.